The average molecular weight is 507 g/mol. The highest BCUT2D eigenvalue weighted by atomic mass is 32.2. The van der Waals surface area contributed by atoms with E-state index in [1.54, 1.807) is 25.1 Å². The van der Waals surface area contributed by atoms with E-state index in [0.717, 1.165) is 6.07 Å². The smallest absolute Gasteiger partial charge is 0.242 e. The van der Waals surface area contributed by atoms with Crippen LogP contribution in [0.2, 0.25) is 0 Å². The van der Waals surface area contributed by atoms with Gasteiger partial charge in [0.1, 0.15) is 9.79 Å². The maximum atomic E-state index is 13.2. The van der Waals surface area contributed by atoms with Crippen molar-refractivity contribution in [2.24, 2.45) is 10.9 Å². The topological polar surface area (TPSA) is 242 Å². The first-order valence-corrected chi connectivity index (χ1v) is 13.0. The number of hydrogen-bond donors (Lipinski definition) is 6. The van der Waals surface area contributed by atoms with Gasteiger partial charge in [-0.25, -0.2) is 31.7 Å². The van der Waals surface area contributed by atoms with Gasteiger partial charge in [-0.1, -0.05) is 18.2 Å². The molecule has 16 heteroatoms. The zero-order valence-corrected chi connectivity index (χ0v) is 19.5. The van der Waals surface area contributed by atoms with E-state index in [1.807, 2.05) is 0 Å². The summed E-state index contributed by atoms with van der Waals surface area (Å²) in [6, 6.07) is 7.14. The number of nitrogen functional groups attached to an aromatic ring is 1. The predicted octanol–water partition coefficient (Wildman–Crippen LogP) is -0.345. The Morgan fingerprint density at radius 1 is 1.12 bits per heavy atom. The minimum atomic E-state index is -4.62. The van der Waals surface area contributed by atoms with Crippen molar-refractivity contribution in [1.82, 2.24) is 35.3 Å². The molecule has 0 aliphatic carbocycles. The fraction of sp³-hybridized carbons (Fsp3) is 0.222. The van der Waals surface area contributed by atoms with Crippen LogP contribution < -0.4 is 21.3 Å². The van der Waals surface area contributed by atoms with Gasteiger partial charge in [0.15, 0.2) is 5.95 Å². The highest BCUT2D eigenvalue weighted by Crippen LogP contribution is 2.40. The number of nitrogens with one attached hydrogen (secondary N) is 3. The Morgan fingerprint density at radius 2 is 1.88 bits per heavy atom. The first kappa shape index (κ1) is 23.7. The van der Waals surface area contributed by atoms with Gasteiger partial charge in [-0.2, -0.15) is 5.21 Å². The summed E-state index contributed by atoms with van der Waals surface area (Å²) in [5, 5.41) is 19.1. The number of hydrogen-bond acceptors (Lipinski definition) is 10. The quantitative estimate of drug-likeness (QED) is 0.181. The SMILES string of the molecule is C[C@@H](CCN)NS(=O)(=O)c1ccc(-c2cccc3[nH]c(N)nc23)c(-c2nn[nH]n2)c1S(N)(=O)=O. The van der Waals surface area contributed by atoms with E-state index in [-0.39, 0.29) is 29.4 Å². The maximum absolute atomic E-state index is 13.2. The Morgan fingerprint density at radius 3 is 2.53 bits per heavy atom. The first-order chi connectivity index (χ1) is 16.0. The molecule has 1 atom stereocenters. The fourth-order valence-corrected chi connectivity index (χ4v) is 6.56. The molecule has 0 aliphatic heterocycles. The molecule has 180 valence electrons. The molecule has 0 spiro atoms. The number of rotatable bonds is 8. The number of imidazole rings is 1. The van der Waals surface area contributed by atoms with Gasteiger partial charge >= 0.3 is 0 Å². The van der Waals surface area contributed by atoms with Gasteiger partial charge in [0.05, 0.1) is 16.6 Å². The minimum Gasteiger partial charge on any atom is -0.369 e. The largest absolute Gasteiger partial charge is 0.369 e. The minimum absolute atomic E-state index is 0.146. The van der Waals surface area contributed by atoms with Gasteiger partial charge in [0.2, 0.25) is 25.9 Å². The molecule has 2 aromatic carbocycles. The summed E-state index contributed by atoms with van der Waals surface area (Å²) >= 11 is 0. The molecule has 0 radical (unpaired) electrons. The number of sulfonamides is 2. The predicted molar refractivity (Wildman–Crippen MR) is 124 cm³/mol. The number of aromatic amines is 2. The third-order valence-electron chi connectivity index (χ3n) is 5.04. The van der Waals surface area contributed by atoms with Crippen LogP contribution in [-0.2, 0) is 20.0 Å². The van der Waals surface area contributed by atoms with Crippen molar-refractivity contribution in [3.05, 3.63) is 30.3 Å². The zero-order chi connectivity index (χ0) is 24.7. The molecule has 0 aliphatic rings. The van der Waals surface area contributed by atoms with Gasteiger partial charge < -0.3 is 16.5 Å². The lowest BCUT2D eigenvalue weighted by Gasteiger charge is -2.18. The molecule has 2 heterocycles. The summed E-state index contributed by atoms with van der Waals surface area (Å²) in [7, 11) is -8.96. The van der Waals surface area contributed by atoms with Crippen LogP contribution in [0.15, 0.2) is 40.1 Å². The Hall–Kier alpha value is -3.44. The Balaban J connectivity index is 2.08. The Kier molecular flexibility index (Phi) is 6.09. The lowest BCUT2D eigenvalue weighted by molar-refractivity contribution is 0.546. The highest BCUT2D eigenvalue weighted by molar-refractivity contribution is 7.92. The number of tetrazole rings is 1. The summed E-state index contributed by atoms with van der Waals surface area (Å²) in [6.07, 6.45) is 0.336. The number of para-hydroxylation sites is 1. The van der Waals surface area contributed by atoms with Gasteiger partial charge in [-0.15, -0.1) is 10.2 Å². The van der Waals surface area contributed by atoms with Gasteiger partial charge in [0.25, 0.3) is 0 Å². The van der Waals surface area contributed by atoms with Crippen molar-refractivity contribution in [3.63, 3.8) is 0 Å². The zero-order valence-electron chi connectivity index (χ0n) is 17.8. The van der Waals surface area contributed by atoms with Crippen molar-refractivity contribution >= 4 is 37.0 Å². The molecule has 0 fully saturated rings. The number of nitrogens with two attached hydrogens (primary N) is 3. The van der Waals surface area contributed by atoms with Crippen molar-refractivity contribution < 1.29 is 16.8 Å². The van der Waals surface area contributed by atoms with E-state index in [9.17, 15) is 16.8 Å². The van der Waals surface area contributed by atoms with Crippen LogP contribution in [0.4, 0.5) is 5.95 Å². The van der Waals surface area contributed by atoms with Crippen molar-refractivity contribution in [2.75, 3.05) is 12.3 Å². The molecule has 0 amide bonds. The second kappa shape index (κ2) is 8.73. The number of fused-ring (bicyclic) bond motifs is 1. The molecule has 9 N–H and O–H groups in total. The molecule has 0 unspecified atom stereocenters. The monoisotopic (exact) mass is 506 g/mol. The molecule has 0 saturated heterocycles. The van der Waals surface area contributed by atoms with Crippen molar-refractivity contribution in [1.29, 1.82) is 0 Å². The standard InChI is InChI=1S/C18H22N10O4S2/c1-9(7-8-19)26-34(31,32)13-6-5-10(11-3-2-4-12-15(11)23-18(20)22-12)14(16(13)33(21,29)30)17-24-27-28-25-17/h2-6,9,26H,7-8,19H2,1H3,(H3,20,22,23)(H2,21,29,30)(H,24,25,27,28)/t9-/m0/s1. The highest BCUT2D eigenvalue weighted by Gasteiger charge is 2.33. The van der Waals surface area contributed by atoms with Crippen LogP contribution in [0.3, 0.4) is 0 Å². The summed E-state index contributed by atoms with van der Waals surface area (Å²) in [6.45, 7) is 1.84. The average Bonchev–Trinajstić information content (AvgIpc) is 3.40. The molecule has 0 saturated carbocycles. The van der Waals surface area contributed by atoms with E-state index in [0.29, 0.717) is 23.0 Å². The number of primary sulfonamides is 1. The Bertz CT molecular complexity index is 1560. The molecule has 34 heavy (non-hydrogen) atoms. The van der Waals surface area contributed by atoms with Gasteiger partial charge in [-0.3, -0.25) is 0 Å². The molecule has 2 aromatic heterocycles. The lowest BCUT2D eigenvalue weighted by Crippen LogP contribution is -2.35. The summed E-state index contributed by atoms with van der Waals surface area (Å²) < 4.78 is 54.5. The Labute approximate surface area is 194 Å². The van der Waals surface area contributed by atoms with Crippen LogP contribution >= 0.6 is 0 Å². The van der Waals surface area contributed by atoms with Crippen molar-refractivity contribution in [3.8, 4) is 22.5 Å². The van der Waals surface area contributed by atoms with Crippen LogP contribution in [0.25, 0.3) is 33.5 Å². The number of benzene rings is 2. The van der Waals surface area contributed by atoms with E-state index in [4.69, 9.17) is 16.6 Å². The number of H-pyrrole nitrogens is 2. The lowest BCUT2D eigenvalue weighted by atomic mass is 9.98. The van der Waals surface area contributed by atoms with Crippen molar-refractivity contribution in [2.45, 2.75) is 29.2 Å². The summed E-state index contributed by atoms with van der Waals surface area (Å²) in [5.41, 5.74) is 12.9. The van der Waals surface area contributed by atoms with E-state index >= 15 is 0 Å². The van der Waals surface area contributed by atoms with E-state index in [1.165, 1.54) is 6.07 Å². The third-order valence-corrected chi connectivity index (χ3v) is 7.80. The molecule has 4 aromatic rings. The van der Waals surface area contributed by atoms with Crippen LogP contribution in [0.5, 0.6) is 0 Å². The summed E-state index contributed by atoms with van der Waals surface area (Å²) in [4.78, 5) is 5.92. The summed E-state index contributed by atoms with van der Waals surface area (Å²) in [5.74, 6) is -0.0286. The molecule has 0 bridgehead atoms. The van der Waals surface area contributed by atoms with Crippen LogP contribution in [0, 0.1) is 0 Å². The number of nitrogens with zero attached hydrogens (tertiary/aromatic N) is 4. The molecular formula is C18H22N10O4S2. The molecule has 4 rings (SSSR count). The number of aromatic nitrogens is 6. The molecular weight excluding hydrogens is 484 g/mol. The van der Waals surface area contributed by atoms with E-state index < -0.39 is 35.9 Å². The van der Waals surface area contributed by atoms with Crippen LogP contribution in [-0.4, -0.2) is 60.0 Å². The van der Waals surface area contributed by atoms with Crippen LogP contribution in [0.1, 0.15) is 13.3 Å². The number of anilines is 1. The third kappa shape index (κ3) is 4.36. The second-order valence-corrected chi connectivity index (χ2v) is 10.7. The molecule has 14 nitrogen and oxygen atoms in total. The normalized spacial score (nSPS) is 13.4. The first-order valence-electron chi connectivity index (χ1n) is 9.93. The van der Waals surface area contributed by atoms with E-state index in [2.05, 4.69) is 35.3 Å². The van der Waals surface area contributed by atoms with Gasteiger partial charge in [0, 0.05) is 11.6 Å². The fourth-order valence-electron chi connectivity index (χ4n) is 3.68. The second-order valence-electron chi connectivity index (χ2n) is 7.52. The van der Waals surface area contributed by atoms with Gasteiger partial charge in [-0.05, 0) is 42.8 Å². The maximum Gasteiger partial charge on any atom is 0.242 e.